The van der Waals surface area contributed by atoms with Crippen molar-refractivity contribution in [3.63, 3.8) is 0 Å². The lowest BCUT2D eigenvalue weighted by atomic mass is 9.85. The summed E-state index contributed by atoms with van der Waals surface area (Å²) in [5, 5.41) is 10.6. The van der Waals surface area contributed by atoms with Crippen LogP contribution in [0, 0.1) is 8.99 Å². The van der Waals surface area contributed by atoms with Gasteiger partial charge in [-0.1, -0.05) is 20.8 Å². The van der Waals surface area contributed by atoms with Crippen molar-refractivity contribution in [2.75, 3.05) is 0 Å². The number of alkyl halides is 2. The van der Waals surface area contributed by atoms with Gasteiger partial charge in [0.25, 0.3) is 0 Å². The number of benzene rings is 1. The molecule has 4 nitrogen and oxygen atoms in total. The summed E-state index contributed by atoms with van der Waals surface area (Å²) in [7, 11) is 0. The molecule has 0 aromatic heterocycles. The Balaban J connectivity index is 3.05. The number of aliphatic carboxylic acids is 1. The van der Waals surface area contributed by atoms with Gasteiger partial charge in [-0.25, -0.2) is 4.79 Å². The van der Waals surface area contributed by atoms with E-state index in [0.29, 0.717) is 0 Å². The third kappa shape index (κ3) is 4.36. The number of carbonyl (C=O) groups excluding carboxylic acids is 2. The van der Waals surface area contributed by atoms with E-state index in [0.717, 1.165) is 3.57 Å². The fourth-order valence-corrected chi connectivity index (χ4v) is 2.02. The third-order valence-corrected chi connectivity index (χ3v) is 3.41. The fraction of sp³-hybridized carbons (Fsp3) is 0.429. The molecule has 0 aliphatic carbocycles. The van der Waals surface area contributed by atoms with E-state index in [1.807, 2.05) is 22.6 Å². The smallest absolute Gasteiger partial charge is 0.338 e. The molecule has 116 valence electrons. The minimum Gasteiger partial charge on any atom is -0.544 e. The van der Waals surface area contributed by atoms with Gasteiger partial charge in [-0.2, -0.15) is 8.78 Å². The SMILES string of the molecule is CC(C)(C)C(OC(=O)c1ccc(I)cc1)C(F)(F)C(=O)[O-]. The normalized spacial score (nSPS) is 13.6. The number of rotatable bonds is 4. The predicted molar refractivity (Wildman–Crippen MR) is 77.8 cm³/mol. The summed E-state index contributed by atoms with van der Waals surface area (Å²) in [6.45, 7) is 4.07. The number of esters is 1. The Labute approximate surface area is 134 Å². The molecule has 21 heavy (non-hydrogen) atoms. The molecule has 1 aromatic carbocycles. The van der Waals surface area contributed by atoms with Crippen LogP contribution in [0.2, 0.25) is 0 Å². The Morgan fingerprint density at radius 3 is 2.05 bits per heavy atom. The van der Waals surface area contributed by atoms with Crippen LogP contribution in [0.5, 0.6) is 0 Å². The van der Waals surface area contributed by atoms with E-state index in [1.54, 1.807) is 12.1 Å². The van der Waals surface area contributed by atoms with Crippen LogP contribution in [0.4, 0.5) is 8.78 Å². The van der Waals surface area contributed by atoms with Gasteiger partial charge in [0.05, 0.1) is 5.56 Å². The molecule has 0 aliphatic rings. The summed E-state index contributed by atoms with van der Waals surface area (Å²) >= 11 is 2.02. The molecule has 0 spiro atoms. The molecule has 0 saturated heterocycles. The van der Waals surface area contributed by atoms with E-state index in [1.165, 1.54) is 32.9 Å². The highest BCUT2D eigenvalue weighted by molar-refractivity contribution is 14.1. The van der Waals surface area contributed by atoms with Crippen LogP contribution in [0.1, 0.15) is 31.1 Å². The molecule has 1 rings (SSSR count). The highest BCUT2D eigenvalue weighted by Crippen LogP contribution is 2.35. The zero-order valence-corrected chi connectivity index (χ0v) is 13.8. The highest BCUT2D eigenvalue weighted by Gasteiger charge is 2.50. The van der Waals surface area contributed by atoms with Crippen LogP contribution in [0.3, 0.4) is 0 Å². The van der Waals surface area contributed by atoms with Crippen molar-refractivity contribution in [1.82, 2.24) is 0 Å². The van der Waals surface area contributed by atoms with Gasteiger partial charge in [-0.15, -0.1) is 0 Å². The second kappa shape index (κ2) is 6.25. The number of carboxylic acids is 1. The van der Waals surface area contributed by atoms with Crippen molar-refractivity contribution in [2.45, 2.75) is 32.8 Å². The van der Waals surface area contributed by atoms with E-state index in [-0.39, 0.29) is 5.56 Å². The number of carbonyl (C=O) groups is 2. The van der Waals surface area contributed by atoms with Crippen molar-refractivity contribution in [1.29, 1.82) is 0 Å². The minimum atomic E-state index is -4.28. The van der Waals surface area contributed by atoms with E-state index >= 15 is 0 Å². The number of hydrogen-bond acceptors (Lipinski definition) is 4. The predicted octanol–water partition coefficient (Wildman–Crippen LogP) is 2.25. The van der Waals surface area contributed by atoms with Crippen molar-refractivity contribution in [2.24, 2.45) is 5.41 Å². The second-order valence-electron chi connectivity index (χ2n) is 5.57. The lowest BCUT2D eigenvalue weighted by molar-refractivity contribution is -0.339. The third-order valence-electron chi connectivity index (χ3n) is 2.69. The van der Waals surface area contributed by atoms with Crippen molar-refractivity contribution in [3.05, 3.63) is 33.4 Å². The van der Waals surface area contributed by atoms with Gasteiger partial charge in [-0.3, -0.25) is 0 Å². The van der Waals surface area contributed by atoms with Gasteiger partial charge in [0.2, 0.25) is 0 Å². The van der Waals surface area contributed by atoms with Crippen LogP contribution in [0.15, 0.2) is 24.3 Å². The molecule has 0 bridgehead atoms. The maximum absolute atomic E-state index is 13.7. The topological polar surface area (TPSA) is 66.4 Å². The lowest BCUT2D eigenvalue weighted by Gasteiger charge is -2.36. The zero-order chi connectivity index (χ0) is 16.4. The van der Waals surface area contributed by atoms with Gasteiger partial charge >= 0.3 is 11.9 Å². The van der Waals surface area contributed by atoms with E-state index in [2.05, 4.69) is 0 Å². The first-order chi connectivity index (χ1) is 9.46. The number of halogens is 3. The van der Waals surface area contributed by atoms with Crippen LogP contribution in [0.25, 0.3) is 0 Å². The molecule has 0 N–H and O–H groups in total. The molecule has 0 heterocycles. The zero-order valence-electron chi connectivity index (χ0n) is 11.7. The second-order valence-corrected chi connectivity index (χ2v) is 6.81. The lowest BCUT2D eigenvalue weighted by Crippen LogP contribution is -2.56. The van der Waals surface area contributed by atoms with Crippen LogP contribution < -0.4 is 5.11 Å². The monoisotopic (exact) mass is 411 g/mol. The molecule has 0 aliphatic heterocycles. The van der Waals surface area contributed by atoms with Crippen molar-refractivity contribution in [3.8, 4) is 0 Å². The van der Waals surface area contributed by atoms with Gasteiger partial charge in [-0.05, 0) is 46.9 Å². The van der Waals surface area contributed by atoms with Crippen molar-refractivity contribution < 1.29 is 28.2 Å². The summed E-state index contributed by atoms with van der Waals surface area (Å²) in [5.41, 5.74) is -1.21. The summed E-state index contributed by atoms with van der Waals surface area (Å²) in [6.07, 6.45) is -2.14. The Hall–Kier alpha value is -1.25. The Kier molecular flexibility index (Phi) is 5.30. The Bertz CT molecular complexity index is 535. The molecule has 0 saturated carbocycles. The largest absolute Gasteiger partial charge is 0.544 e. The van der Waals surface area contributed by atoms with Crippen LogP contribution in [-0.2, 0) is 9.53 Å². The quantitative estimate of drug-likeness (QED) is 0.563. The van der Waals surface area contributed by atoms with Gasteiger partial charge in [0, 0.05) is 8.99 Å². The summed E-state index contributed by atoms with van der Waals surface area (Å²) in [6, 6.07) is 6.06. The average Bonchev–Trinajstić information content (AvgIpc) is 2.34. The summed E-state index contributed by atoms with van der Waals surface area (Å²) in [4.78, 5) is 22.5. The van der Waals surface area contributed by atoms with E-state index < -0.39 is 29.4 Å². The van der Waals surface area contributed by atoms with E-state index in [4.69, 9.17) is 4.74 Å². The molecule has 7 heteroatoms. The molecule has 1 aromatic rings. The first kappa shape index (κ1) is 17.8. The van der Waals surface area contributed by atoms with Crippen LogP contribution >= 0.6 is 22.6 Å². The average molecular weight is 411 g/mol. The molecule has 0 fully saturated rings. The first-order valence-corrected chi connectivity index (χ1v) is 7.10. The maximum atomic E-state index is 13.7. The highest BCUT2D eigenvalue weighted by atomic mass is 127. The summed E-state index contributed by atoms with van der Waals surface area (Å²) < 4.78 is 33.0. The van der Waals surface area contributed by atoms with Crippen molar-refractivity contribution >= 4 is 34.5 Å². The number of ether oxygens (including phenoxy) is 1. The fourth-order valence-electron chi connectivity index (χ4n) is 1.66. The molecule has 1 atom stereocenters. The van der Waals surface area contributed by atoms with Gasteiger partial charge in [0.1, 0.15) is 5.97 Å². The minimum absolute atomic E-state index is 0.0683. The standard InChI is InChI=1S/C14H15F2IO4/c1-13(2,3)11(14(15,16)12(19)20)21-10(18)8-4-6-9(17)7-5-8/h4-7,11H,1-3H3,(H,19,20)/p-1. The summed E-state index contributed by atoms with van der Waals surface area (Å²) in [5.74, 6) is -7.86. The number of carboxylic acid groups (broad SMARTS) is 1. The Morgan fingerprint density at radius 1 is 1.19 bits per heavy atom. The molecule has 1 unspecified atom stereocenters. The molecule has 0 radical (unpaired) electrons. The maximum Gasteiger partial charge on any atom is 0.338 e. The van der Waals surface area contributed by atoms with Crippen LogP contribution in [-0.4, -0.2) is 24.0 Å². The van der Waals surface area contributed by atoms with E-state index in [9.17, 15) is 23.5 Å². The number of hydrogen-bond donors (Lipinski definition) is 0. The van der Waals surface area contributed by atoms with Gasteiger partial charge < -0.3 is 14.6 Å². The molecule has 0 amide bonds. The molecular weight excluding hydrogens is 397 g/mol. The first-order valence-electron chi connectivity index (χ1n) is 6.02. The molecular formula is C14H14F2IO4-. The van der Waals surface area contributed by atoms with Gasteiger partial charge in [0.15, 0.2) is 6.10 Å². The Morgan fingerprint density at radius 2 is 1.67 bits per heavy atom.